The van der Waals surface area contributed by atoms with Crippen LogP contribution in [0.4, 0.5) is 5.69 Å². The number of fused-ring (bicyclic) bond motifs is 2. The van der Waals surface area contributed by atoms with E-state index in [1.54, 1.807) is 18.2 Å². The Kier molecular flexibility index (Phi) is 5.10. The minimum atomic E-state index is -2.23. The molecule has 0 fully saturated rings. The molecule has 7 heteroatoms. The molecule has 1 aromatic carbocycles. The Bertz CT molecular complexity index is 1050. The summed E-state index contributed by atoms with van der Waals surface area (Å²) in [5.74, 6) is 0.330. The number of aliphatic imine (C=N–C) groups is 1. The molecule has 0 saturated carbocycles. The predicted molar refractivity (Wildman–Crippen MR) is 122 cm³/mol. The van der Waals surface area contributed by atoms with Crippen LogP contribution >= 0.6 is 31.9 Å². The van der Waals surface area contributed by atoms with Crippen LogP contribution in [0, 0.1) is 0 Å². The number of halogens is 2. The number of hydrogen-bond acceptors (Lipinski definition) is 3. The summed E-state index contributed by atoms with van der Waals surface area (Å²) < 4.78 is 3.31. The first kappa shape index (κ1) is 19.3. The maximum atomic E-state index is 12.1. The van der Waals surface area contributed by atoms with Crippen molar-refractivity contribution in [1.82, 2.24) is 0 Å². The van der Waals surface area contributed by atoms with E-state index in [-0.39, 0.29) is 20.3 Å². The van der Waals surface area contributed by atoms with E-state index < -0.39 is 8.07 Å². The van der Waals surface area contributed by atoms with Crippen LogP contribution in [0.3, 0.4) is 0 Å². The van der Waals surface area contributed by atoms with E-state index in [0.29, 0.717) is 5.75 Å². The first-order valence-corrected chi connectivity index (χ1v) is 14.7. The van der Waals surface area contributed by atoms with Crippen LogP contribution in [0.15, 0.2) is 54.4 Å². The third kappa shape index (κ3) is 3.14. The van der Waals surface area contributed by atoms with Gasteiger partial charge < -0.3 is 0 Å². The number of carbonyl (C=O) groups excluding carboxylic acids is 1. The zero-order chi connectivity index (χ0) is 19.3. The van der Waals surface area contributed by atoms with Gasteiger partial charge in [0.1, 0.15) is 0 Å². The molecule has 1 aliphatic heterocycles. The third-order valence-electron chi connectivity index (χ3n) is 5.16. The zero-order valence-corrected chi connectivity index (χ0v) is 20.7. The number of nitrogens with zero attached hydrogens (tertiary/aromatic N) is 1. The zero-order valence-electron chi connectivity index (χ0n) is 14.8. The second kappa shape index (κ2) is 7.12. The molecular formula is C20H17Br2NO2SeSi. The van der Waals surface area contributed by atoms with Gasteiger partial charge >= 0.3 is 183 Å². The molecule has 2 heterocycles. The number of phenolic OH excluding ortho intramolecular Hbond substituents is 1. The van der Waals surface area contributed by atoms with E-state index in [9.17, 15) is 9.90 Å². The van der Waals surface area contributed by atoms with Crippen LogP contribution in [0.5, 0.6) is 5.75 Å². The molecule has 1 N–H and O–H groups in total. The standard InChI is InChI=1S/C20H17Br2NO2SeSi/c1-3-8-27(2)17-9-11(24)4-5-13(17)23-14-6-7-15(25)18(19(14)27)16-10-12(21)20(22)26-16/h4-7,9-10,25H,3,8H2,1-2H3. The molecule has 0 bridgehead atoms. The monoisotopic (exact) mass is 569 g/mol. The van der Waals surface area contributed by atoms with Gasteiger partial charge in [0.25, 0.3) is 0 Å². The van der Waals surface area contributed by atoms with E-state index in [2.05, 4.69) is 51.4 Å². The van der Waals surface area contributed by atoms with Crippen molar-refractivity contribution in [3.8, 4) is 15.8 Å². The second-order valence-corrected chi connectivity index (χ2v) is 16.2. The van der Waals surface area contributed by atoms with Crippen LogP contribution in [-0.4, -0.2) is 39.2 Å². The van der Waals surface area contributed by atoms with Crippen LogP contribution in [-0.2, 0) is 4.79 Å². The van der Waals surface area contributed by atoms with E-state index >= 15 is 0 Å². The first-order valence-electron chi connectivity index (χ1n) is 8.70. The van der Waals surface area contributed by atoms with Crippen molar-refractivity contribution in [2.75, 3.05) is 0 Å². The van der Waals surface area contributed by atoms with Gasteiger partial charge in [0.15, 0.2) is 0 Å². The molecule has 27 heavy (non-hydrogen) atoms. The molecule has 0 spiro atoms. The number of rotatable bonds is 3. The van der Waals surface area contributed by atoms with Gasteiger partial charge in [0.2, 0.25) is 0 Å². The molecule has 4 rings (SSSR count). The third-order valence-corrected chi connectivity index (χ3v) is 14.8. The van der Waals surface area contributed by atoms with Gasteiger partial charge in [-0.3, -0.25) is 0 Å². The molecule has 2 aliphatic rings. The van der Waals surface area contributed by atoms with E-state index in [1.165, 1.54) is 0 Å². The van der Waals surface area contributed by atoms with Crippen molar-refractivity contribution < 1.29 is 9.90 Å². The van der Waals surface area contributed by atoms with Gasteiger partial charge in [-0.2, -0.15) is 0 Å². The first-order chi connectivity index (χ1) is 12.8. The number of benzene rings is 1. The quantitative estimate of drug-likeness (QED) is 0.416. The van der Waals surface area contributed by atoms with Crippen LogP contribution < -0.4 is 5.19 Å². The molecule has 1 aliphatic carbocycles. The Morgan fingerprint density at radius 2 is 2.04 bits per heavy atom. The maximum absolute atomic E-state index is 12.1. The molecule has 2 aromatic rings. The van der Waals surface area contributed by atoms with Crippen LogP contribution in [0.25, 0.3) is 10.0 Å². The molecule has 0 radical (unpaired) electrons. The number of hydrogen-bond donors (Lipinski definition) is 1. The average molecular weight is 570 g/mol. The van der Waals surface area contributed by atoms with Gasteiger partial charge in [-0.05, 0) is 0 Å². The Morgan fingerprint density at radius 3 is 2.70 bits per heavy atom. The van der Waals surface area contributed by atoms with E-state index in [4.69, 9.17) is 4.99 Å². The molecule has 0 amide bonds. The van der Waals surface area contributed by atoms with Gasteiger partial charge in [-0.25, -0.2) is 0 Å². The summed E-state index contributed by atoms with van der Waals surface area (Å²) in [6, 6.07) is 6.78. The molecule has 138 valence electrons. The SMILES string of the molecule is CCC[Si]1(C)C2=CC(=O)C=CC2=Nc2ccc(O)c(-c3cc(Br)c(Br)[se]3)c21. The second-order valence-electron chi connectivity index (χ2n) is 6.96. The van der Waals surface area contributed by atoms with Crippen molar-refractivity contribution in [1.29, 1.82) is 0 Å². The van der Waals surface area contributed by atoms with Crippen molar-refractivity contribution in [3.05, 3.63) is 49.4 Å². The fourth-order valence-corrected chi connectivity index (χ4v) is 12.5. The summed E-state index contributed by atoms with van der Waals surface area (Å²) in [4.78, 5) is 17.0. The number of carbonyl (C=O) groups is 1. The molecule has 1 atom stereocenters. The Balaban J connectivity index is 2.07. The van der Waals surface area contributed by atoms with Gasteiger partial charge in [0, 0.05) is 0 Å². The fourth-order valence-electron chi connectivity index (χ4n) is 4.03. The molecule has 0 saturated heterocycles. The van der Waals surface area contributed by atoms with Crippen LogP contribution in [0.2, 0.25) is 12.6 Å². The Labute approximate surface area is 181 Å². The summed E-state index contributed by atoms with van der Waals surface area (Å²) in [6.45, 7) is 4.49. The van der Waals surface area contributed by atoms with Crippen molar-refractivity contribution in [3.63, 3.8) is 0 Å². The Hall–Kier alpha value is -0.984. The number of phenols is 1. The number of ketones is 1. The molecule has 1 unspecified atom stereocenters. The van der Waals surface area contributed by atoms with Crippen molar-refractivity contribution >= 4 is 76.8 Å². The fraction of sp³-hybridized carbons (Fsp3) is 0.200. The topological polar surface area (TPSA) is 49.7 Å². The molecular weight excluding hydrogens is 553 g/mol. The Morgan fingerprint density at radius 1 is 1.26 bits per heavy atom. The summed E-state index contributed by atoms with van der Waals surface area (Å²) in [6.07, 6.45) is 6.24. The minimum absolute atomic E-state index is 0.0281. The van der Waals surface area contributed by atoms with E-state index in [1.807, 2.05) is 12.1 Å². The van der Waals surface area contributed by atoms with Crippen LogP contribution in [0.1, 0.15) is 13.3 Å². The summed E-state index contributed by atoms with van der Waals surface area (Å²) >= 11 is 7.31. The van der Waals surface area contributed by atoms with Gasteiger partial charge in [0.05, 0.1) is 0 Å². The number of aromatic hydroxyl groups is 1. The normalized spacial score (nSPS) is 20.8. The summed E-state index contributed by atoms with van der Waals surface area (Å²) in [5, 5.41) is 13.1. The molecule has 1 aromatic heterocycles. The van der Waals surface area contributed by atoms with Crippen molar-refractivity contribution in [2.24, 2.45) is 4.99 Å². The van der Waals surface area contributed by atoms with Gasteiger partial charge in [-0.15, -0.1) is 0 Å². The summed E-state index contributed by atoms with van der Waals surface area (Å²) in [7, 11) is -2.23. The predicted octanol–water partition coefficient (Wildman–Crippen LogP) is 5.03. The number of allylic oxidation sites excluding steroid dienone is 4. The average Bonchev–Trinajstić information content (AvgIpc) is 2.95. The molecule has 3 nitrogen and oxygen atoms in total. The van der Waals surface area contributed by atoms with Crippen molar-refractivity contribution in [2.45, 2.75) is 25.9 Å². The van der Waals surface area contributed by atoms with E-state index in [0.717, 1.165) is 52.1 Å². The summed E-state index contributed by atoms with van der Waals surface area (Å²) in [5.41, 5.74) is 2.77. The van der Waals surface area contributed by atoms with Gasteiger partial charge in [-0.1, -0.05) is 0 Å².